The number of hydrogen-bond donors (Lipinski definition) is 8. The van der Waals surface area contributed by atoms with Crippen molar-refractivity contribution in [3.63, 3.8) is 0 Å². The predicted octanol–water partition coefficient (Wildman–Crippen LogP) is 7.99. The Morgan fingerprint density at radius 2 is 1.40 bits per heavy atom. The summed E-state index contributed by atoms with van der Waals surface area (Å²) in [5.41, 5.74) is 24.1. The van der Waals surface area contributed by atoms with Gasteiger partial charge >= 0.3 is 12.1 Å². The smallest absolute Gasteiger partial charge is 0.411 e. The fraction of sp³-hybridized carbons (Fsp3) is 0.0606. The molecule has 264 valence electrons. The van der Waals surface area contributed by atoms with Crippen LogP contribution in [0.15, 0.2) is 95.6 Å². The number of nitrogens with one attached hydrogen (secondary N) is 2. The molecule has 2 amide bonds. The van der Waals surface area contributed by atoms with Gasteiger partial charge < -0.3 is 47.6 Å². The van der Waals surface area contributed by atoms with Crippen molar-refractivity contribution >= 4 is 86.9 Å². The number of nitrogens with two attached hydrogens (primary N) is 4. The minimum Gasteiger partial charge on any atom is -0.506 e. The fourth-order valence-electron chi connectivity index (χ4n) is 3.37. The van der Waals surface area contributed by atoms with Gasteiger partial charge in [0.1, 0.15) is 11.6 Å². The molecule has 12 N–H and O–H groups in total. The van der Waals surface area contributed by atoms with E-state index in [-0.39, 0.29) is 33.5 Å². The van der Waals surface area contributed by atoms with Crippen LogP contribution in [0.3, 0.4) is 0 Å². The first-order chi connectivity index (χ1) is 23.6. The molecule has 1 aromatic heterocycles. The Bertz CT molecular complexity index is 1910. The summed E-state index contributed by atoms with van der Waals surface area (Å²) in [6, 6.07) is 20.8. The summed E-state index contributed by atoms with van der Waals surface area (Å²) in [5.74, 6) is -2.64. The van der Waals surface area contributed by atoms with Gasteiger partial charge in [0.25, 0.3) is 5.91 Å². The second-order valence-electron chi connectivity index (χ2n) is 9.47. The summed E-state index contributed by atoms with van der Waals surface area (Å²) in [6.45, 7) is 2.04. The first kappa shape index (κ1) is 40.3. The van der Waals surface area contributed by atoms with E-state index in [2.05, 4.69) is 15.1 Å². The zero-order valence-corrected chi connectivity index (χ0v) is 28.4. The van der Waals surface area contributed by atoms with Crippen molar-refractivity contribution in [2.24, 2.45) is 0 Å². The number of carboxylic acid groups (broad SMARTS) is 1. The number of halogens is 4. The Morgan fingerprint density at radius 1 is 0.780 bits per heavy atom. The van der Waals surface area contributed by atoms with Gasteiger partial charge in [0.05, 0.1) is 56.3 Å². The van der Waals surface area contributed by atoms with Gasteiger partial charge in [-0.2, -0.15) is 0 Å². The SMILES string of the molecule is CCOC(=O)Nc1ccc(N)cc1Cl.Nc1cc(O)c(NC(=O)c2ccccc2F)cc1Cl.Nc1ccc(N)c(Cl)c1.O=C(O)c1ccco1. The number of rotatable bonds is 5. The van der Waals surface area contributed by atoms with Crippen LogP contribution in [-0.4, -0.2) is 34.8 Å². The molecule has 5 aromatic rings. The molecule has 0 fully saturated rings. The normalized spacial score (nSPS) is 9.70. The number of nitrogen functional groups attached to an aromatic ring is 4. The molecule has 0 radical (unpaired) electrons. The number of ether oxygens (including phenoxy) is 1. The van der Waals surface area contributed by atoms with Crippen molar-refractivity contribution in [2.75, 3.05) is 40.2 Å². The fourth-order valence-corrected chi connectivity index (χ4v) is 3.96. The van der Waals surface area contributed by atoms with Crippen molar-refractivity contribution in [2.45, 2.75) is 6.92 Å². The molecule has 0 saturated heterocycles. The molecule has 0 bridgehead atoms. The highest BCUT2D eigenvalue weighted by atomic mass is 35.5. The Balaban J connectivity index is 0.000000245. The molecular weight excluding hydrogens is 718 g/mol. The number of phenols is 1. The minimum atomic E-state index is -1.03. The second-order valence-corrected chi connectivity index (χ2v) is 10.7. The van der Waals surface area contributed by atoms with Crippen molar-refractivity contribution in [1.82, 2.24) is 0 Å². The first-order valence-electron chi connectivity index (χ1n) is 14.0. The number of hydrogen-bond acceptors (Lipinski definition) is 10. The summed E-state index contributed by atoms with van der Waals surface area (Å²) in [5, 5.41) is 23.7. The van der Waals surface area contributed by atoms with Gasteiger partial charge in [-0.05, 0) is 73.7 Å². The molecule has 0 spiro atoms. The maximum Gasteiger partial charge on any atom is 0.411 e. The molecule has 17 heteroatoms. The predicted molar refractivity (Wildman–Crippen MR) is 194 cm³/mol. The van der Waals surface area contributed by atoms with Crippen LogP contribution in [-0.2, 0) is 4.74 Å². The van der Waals surface area contributed by atoms with E-state index in [0.717, 1.165) is 0 Å². The molecule has 0 aliphatic rings. The van der Waals surface area contributed by atoms with Crippen LogP contribution in [0.2, 0.25) is 15.1 Å². The average molecular weight is 750 g/mol. The lowest BCUT2D eigenvalue weighted by Crippen LogP contribution is -2.13. The largest absolute Gasteiger partial charge is 0.506 e. The Morgan fingerprint density at radius 3 is 1.92 bits per heavy atom. The Kier molecular flexibility index (Phi) is 16.0. The van der Waals surface area contributed by atoms with Crippen molar-refractivity contribution < 1.29 is 38.1 Å². The summed E-state index contributed by atoms with van der Waals surface area (Å²) < 4.78 is 22.6. The van der Waals surface area contributed by atoms with E-state index in [1.54, 1.807) is 43.3 Å². The number of aromatic hydroxyl groups is 1. The third kappa shape index (κ3) is 13.4. The van der Waals surface area contributed by atoms with Gasteiger partial charge in [0, 0.05) is 17.4 Å². The van der Waals surface area contributed by atoms with Crippen LogP contribution in [0.1, 0.15) is 27.8 Å². The van der Waals surface area contributed by atoms with E-state index in [0.29, 0.717) is 39.4 Å². The van der Waals surface area contributed by atoms with Crippen molar-refractivity contribution in [3.05, 3.63) is 123 Å². The maximum absolute atomic E-state index is 13.4. The van der Waals surface area contributed by atoms with Gasteiger partial charge in [-0.3, -0.25) is 10.1 Å². The van der Waals surface area contributed by atoms with Gasteiger partial charge in [0.2, 0.25) is 5.76 Å². The number of amides is 2. The van der Waals surface area contributed by atoms with Crippen molar-refractivity contribution in [1.29, 1.82) is 0 Å². The quantitative estimate of drug-likeness (QED) is 0.0632. The van der Waals surface area contributed by atoms with Crippen LogP contribution in [0.5, 0.6) is 5.75 Å². The molecule has 4 aromatic carbocycles. The van der Waals surface area contributed by atoms with Crippen LogP contribution in [0.25, 0.3) is 0 Å². The van der Waals surface area contributed by atoms with Gasteiger partial charge in [0.15, 0.2) is 0 Å². The Labute approximate surface area is 300 Å². The summed E-state index contributed by atoms with van der Waals surface area (Å²) in [6.07, 6.45) is 0.794. The average Bonchev–Trinajstić information content (AvgIpc) is 3.61. The minimum absolute atomic E-state index is 0.0231. The molecular formula is C33H32Cl3FN6O7. The maximum atomic E-state index is 13.4. The van der Waals surface area contributed by atoms with Crippen molar-refractivity contribution in [3.8, 4) is 5.75 Å². The molecule has 1 heterocycles. The molecule has 0 atom stereocenters. The summed E-state index contributed by atoms with van der Waals surface area (Å²) in [4.78, 5) is 32.8. The summed E-state index contributed by atoms with van der Waals surface area (Å²) in [7, 11) is 0. The van der Waals surface area contributed by atoms with E-state index < -0.39 is 23.8 Å². The molecule has 13 nitrogen and oxygen atoms in total. The topological polar surface area (TPSA) is 242 Å². The van der Waals surface area contributed by atoms with Crippen LogP contribution < -0.4 is 33.6 Å². The van der Waals surface area contributed by atoms with Crippen LogP contribution in [0, 0.1) is 5.82 Å². The van der Waals surface area contributed by atoms with Crippen LogP contribution >= 0.6 is 34.8 Å². The molecule has 0 saturated carbocycles. The molecule has 50 heavy (non-hydrogen) atoms. The van der Waals surface area contributed by atoms with E-state index >= 15 is 0 Å². The van der Waals surface area contributed by atoms with E-state index in [1.165, 1.54) is 54.8 Å². The van der Waals surface area contributed by atoms with Crippen LogP contribution in [0.4, 0.5) is 43.3 Å². The lowest BCUT2D eigenvalue weighted by Gasteiger charge is -2.09. The van der Waals surface area contributed by atoms with Gasteiger partial charge in [-0.1, -0.05) is 46.9 Å². The van der Waals surface area contributed by atoms with Gasteiger partial charge in [-0.15, -0.1) is 0 Å². The number of carbonyl (C=O) groups excluding carboxylic acids is 2. The molecule has 0 unspecified atom stereocenters. The third-order valence-corrected chi connectivity index (χ3v) is 6.71. The van der Waals surface area contributed by atoms with E-state index in [1.807, 2.05) is 0 Å². The second kappa shape index (κ2) is 19.9. The molecule has 5 rings (SSSR count). The number of carboxylic acids is 1. The Hall–Kier alpha value is -5.83. The molecule has 0 aliphatic carbocycles. The lowest BCUT2D eigenvalue weighted by atomic mass is 10.2. The number of furan rings is 1. The number of anilines is 6. The summed E-state index contributed by atoms with van der Waals surface area (Å²) >= 11 is 17.2. The monoisotopic (exact) mass is 748 g/mol. The standard InChI is InChI=1S/C13H10ClFN2O2.C9H11ClN2O2.C6H7ClN2.C5H4O3/c14-8-5-11(12(18)6-10(8)16)17-13(19)7-3-1-2-4-9(7)15;1-2-14-9(13)12-8-4-3-6(11)5-7(8)10;7-5-3-4(8)1-2-6(5)9;6-5(7)4-2-1-3-8-4/h1-6,18H,16H2,(H,17,19);3-5H,2,11H2,1H3,(H,12,13);1-3H,8-9H2;1-3H,(H,6,7). The molecule has 0 aliphatic heterocycles. The third-order valence-electron chi connectivity index (χ3n) is 5.74. The van der Waals surface area contributed by atoms with E-state index in [9.17, 15) is 23.9 Å². The number of phenolic OH excluding ortho intramolecular Hbond substituents is 1. The highest BCUT2D eigenvalue weighted by Gasteiger charge is 2.14. The number of benzene rings is 4. The first-order valence-corrected chi connectivity index (χ1v) is 15.2. The zero-order valence-electron chi connectivity index (χ0n) is 26.1. The number of aromatic carboxylic acids is 1. The highest BCUT2D eigenvalue weighted by Crippen LogP contribution is 2.32. The van der Waals surface area contributed by atoms with Gasteiger partial charge in [-0.25, -0.2) is 14.0 Å². The zero-order chi connectivity index (χ0) is 37.4. The lowest BCUT2D eigenvalue weighted by molar-refractivity contribution is 0.0662. The van der Waals surface area contributed by atoms with E-state index in [4.69, 9.17) is 67.6 Å². The number of carbonyl (C=O) groups is 3. The highest BCUT2D eigenvalue weighted by molar-refractivity contribution is 6.34.